The van der Waals surface area contributed by atoms with Gasteiger partial charge in [-0.3, -0.25) is 0 Å². The van der Waals surface area contributed by atoms with E-state index in [9.17, 15) is 111 Å². The van der Waals surface area contributed by atoms with E-state index in [0.29, 0.717) is 12.2 Å². The third kappa shape index (κ3) is 14.8. The average molecular weight is 1870 g/mol. The summed E-state index contributed by atoms with van der Waals surface area (Å²) in [5, 5.41) is 53.3. The van der Waals surface area contributed by atoms with Crippen LogP contribution < -0.4 is 31.3 Å². The number of hydrogen-bond acceptors (Lipinski definition) is 8. The zero-order chi connectivity index (χ0) is 98.6. The number of nitriles is 6. The molecule has 44 heteroatoms. The summed E-state index contributed by atoms with van der Waals surface area (Å²) in [6.07, 6.45) is -10.7. The number of allylic oxidation sites excluding steroid dienone is 9. The topological polar surface area (TPSA) is 195 Å². The minimum Gasteiger partial charge on any atom is -0.204 e. The highest BCUT2D eigenvalue weighted by molar-refractivity contribution is 5.92. The van der Waals surface area contributed by atoms with Crippen LogP contribution in [-0.4, -0.2) is 9.97 Å². The van der Waals surface area contributed by atoms with Crippen molar-refractivity contribution in [1.29, 1.82) is 31.6 Å². The molecule has 15 rings (SSSR count). The molecule has 6 aliphatic carbocycles. The summed E-state index contributed by atoms with van der Waals surface area (Å²) >= 11 is 0. The van der Waals surface area contributed by atoms with Crippen LogP contribution in [-0.2, 0) is 50.9 Å². The molecule has 0 saturated heterocycles. The van der Waals surface area contributed by atoms with Crippen molar-refractivity contribution in [2.45, 2.75) is 50.9 Å². The zero-order valence-corrected chi connectivity index (χ0v) is 64.5. The van der Waals surface area contributed by atoms with Gasteiger partial charge in [0.2, 0.25) is 0 Å². The van der Waals surface area contributed by atoms with Gasteiger partial charge >= 0.3 is 29.8 Å². The quantitative estimate of drug-likeness (QED) is 0.0515. The number of nitrogens with zero attached hydrogens (tertiary/aromatic N) is 14. The van der Waals surface area contributed by atoms with E-state index in [0.717, 1.165) is 24.3 Å². The summed E-state index contributed by atoms with van der Waals surface area (Å²) in [5.74, 6) is -55.4. The van der Waals surface area contributed by atoms with Gasteiger partial charge < -0.3 is 0 Å². The Morgan fingerprint density at radius 3 is 0.575 bits per heavy atom. The number of rotatable bonds is 6. The number of aromatic nitrogens is 2. The molecular formula is C90H20F30N14. The highest BCUT2D eigenvalue weighted by Crippen LogP contribution is 2.48. The first-order valence-corrected chi connectivity index (χ1v) is 36.0. The smallest absolute Gasteiger partial charge is 0.204 e. The van der Waals surface area contributed by atoms with Gasteiger partial charge in [0.15, 0.2) is 116 Å². The van der Waals surface area contributed by atoms with E-state index in [1.807, 2.05) is 0 Å². The first-order valence-electron chi connectivity index (χ1n) is 36.0. The Morgan fingerprint density at radius 2 is 0.403 bits per heavy atom. The van der Waals surface area contributed by atoms with Crippen molar-refractivity contribution in [3.63, 3.8) is 0 Å². The fourth-order valence-corrected chi connectivity index (χ4v) is 16.1. The SMILES string of the molecule is [C-]#[N+]C([N+]#[C-])=C1C=c2c(c(-c3c(F)c(F)c(C(F)(F)F)c(F)c3F)c3c(c2-c2c(F)c(F)c(C(F)(F)F)c(F)c2F)CC(=C(C#N)C#N)C=3)C1.[C-]#[N+]C([N+]#[C-])=C1C=c2c(c(-c3c(F)c(F)cc(F)c3F)c3c(c2-c2c(F)c(F)cc(F)c2F)CC(=C(C#N)C#N)C=3)C1.[C-]#[N+]C([N+]#[C-])=C1C=c2c(c(-c3c(F)c(F)nc(F)c3F)c3c(c2-c2c(F)c(F)nc(F)c2F)CC(=C(C#N)C#N)C=3)C1. The Bertz CT molecular complexity index is 7300. The highest BCUT2D eigenvalue weighted by atomic mass is 19.4. The van der Waals surface area contributed by atoms with Gasteiger partial charge in [-0.1, -0.05) is 18.2 Å². The molecule has 0 radical (unpaired) electrons. The molecule has 0 fully saturated rings. The summed E-state index contributed by atoms with van der Waals surface area (Å²) < 4.78 is 439. The largest absolute Gasteiger partial charge is 0.522 e. The molecule has 0 saturated carbocycles. The van der Waals surface area contributed by atoms with Gasteiger partial charge in [-0.25, -0.2) is 87.8 Å². The van der Waals surface area contributed by atoms with Crippen molar-refractivity contribution >= 4 is 36.5 Å². The van der Waals surface area contributed by atoms with Crippen molar-refractivity contribution in [3.05, 3.63) is 364 Å². The number of hydrogen-bond donors (Lipinski definition) is 0. The van der Waals surface area contributed by atoms with Gasteiger partial charge in [0.05, 0.1) is 50.1 Å². The summed E-state index contributed by atoms with van der Waals surface area (Å²) in [4.78, 5) is 23.0. The van der Waals surface area contributed by atoms with Crippen molar-refractivity contribution in [3.8, 4) is 103 Å². The third-order valence-corrected chi connectivity index (χ3v) is 21.4. The molecule has 0 spiro atoms. The Morgan fingerprint density at radius 1 is 0.239 bits per heavy atom. The predicted octanol–water partition coefficient (Wildman–Crippen LogP) is 19.4. The Labute approximate surface area is 725 Å². The fourth-order valence-electron chi connectivity index (χ4n) is 16.1. The van der Waals surface area contributed by atoms with Crippen LogP contribution in [0.1, 0.15) is 44.5 Å². The van der Waals surface area contributed by atoms with Gasteiger partial charge in [-0.15, -0.1) is 0 Å². The molecule has 134 heavy (non-hydrogen) atoms. The lowest BCUT2D eigenvalue weighted by Crippen LogP contribution is -2.26. The molecule has 14 nitrogen and oxygen atoms in total. The maximum atomic E-state index is 15.6. The molecule has 2 heterocycles. The summed E-state index contributed by atoms with van der Waals surface area (Å²) in [7, 11) is 0. The summed E-state index contributed by atoms with van der Waals surface area (Å²) in [5.41, 5.74) is -25.9. The molecule has 2 aromatic heterocycles. The molecule has 0 bridgehead atoms. The van der Waals surface area contributed by atoms with E-state index in [1.54, 1.807) is 24.3 Å². The highest BCUT2D eigenvalue weighted by Gasteiger charge is 2.48. The molecule has 0 unspecified atom stereocenters. The number of benzene rings is 7. The number of halogens is 30. The molecule has 7 aromatic carbocycles. The van der Waals surface area contributed by atoms with E-state index < -0.39 is 346 Å². The van der Waals surface area contributed by atoms with Crippen LogP contribution >= 0.6 is 0 Å². The molecule has 660 valence electrons. The first kappa shape index (κ1) is 93.9. The minimum absolute atomic E-state index is 0.0463. The van der Waals surface area contributed by atoms with Crippen LogP contribution in [0.2, 0.25) is 0 Å². The molecule has 9 aromatic rings. The second-order valence-corrected chi connectivity index (χ2v) is 28.2. The first-order chi connectivity index (χ1) is 63.2. The standard InChI is InChI=1S/C32H6F14N4.C30H8F8N4.C28H6F8N6/c1-49-30(50-2)10-5-14-15(6-10)17(19-24(35)28(39)21(32(44,45)46)29(40)25(19)36)13-4-9(11(7-47)8-48)3-12(13)16(14)18-22(33)26(37)20(31(41,42)43)27(38)23(18)34;1-41-30(42-2)12-5-16-17(6-12)23(25-28(37)20(33)8-21(34)29(25)38)15-4-11(13(9-39)10-40)3-14(15)22(16)24-26(35)18(31)7-19(32)27(24)36;1-39-28(40-2)10-5-14-15(6-10)17(19-22(31)26(35)42-27(36)23(19)32)13-4-9(11(7-37)8-38)3-12(13)16(14)18-20(29)24(33)41-25(34)21(18)30/h3,6H,4-5H2;3,6-8H,4-5H2;3,6H,4-5H2. The van der Waals surface area contributed by atoms with Crippen molar-refractivity contribution in [1.82, 2.24) is 9.97 Å². The third-order valence-electron chi connectivity index (χ3n) is 21.4. The van der Waals surface area contributed by atoms with E-state index >= 15 is 52.7 Å². The van der Waals surface area contributed by atoms with Gasteiger partial charge in [0.25, 0.3) is 23.8 Å². The van der Waals surface area contributed by atoms with Crippen molar-refractivity contribution in [2.75, 3.05) is 0 Å². The minimum atomic E-state index is -6.01. The van der Waals surface area contributed by atoms with Crippen LogP contribution in [0.5, 0.6) is 0 Å². The second kappa shape index (κ2) is 34.7. The number of alkyl halides is 6. The van der Waals surface area contributed by atoms with Gasteiger partial charge in [-0.05, 0) is 152 Å². The Kier molecular flexibility index (Phi) is 24.3. The van der Waals surface area contributed by atoms with Gasteiger partial charge in [0.1, 0.15) is 104 Å². The molecule has 6 aliphatic rings. The average Bonchev–Trinajstić information content (AvgIpc) is 1.27. The van der Waals surface area contributed by atoms with Crippen LogP contribution in [0.25, 0.3) is 132 Å². The zero-order valence-electron chi connectivity index (χ0n) is 64.5. The number of pyridine rings is 2. The molecule has 0 N–H and O–H groups in total. The molecule has 0 aliphatic heterocycles. The van der Waals surface area contributed by atoms with Crippen LogP contribution in [0.3, 0.4) is 0 Å². The summed E-state index contributed by atoms with van der Waals surface area (Å²) in [6, 6.07) is 9.02. The normalized spacial score (nSPS) is 13.0. The van der Waals surface area contributed by atoms with Crippen molar-refractivity contribution < 1.29 is 132 Å². The Balaban J connectivity index is 0.000000171. The lowest BCUT2D eigenvalue weighted by molar-refractivity contribution is -0.144. The molecular weight excluding hydrogens is 1850 g/mol. The maximum absolute atomic E-state index is 15.6. The lowest BCUT2D eigenvalue weighted by Gasteiger charge is -2.20. The van der Waals surface area contributed by atoms with E-state index in [2.05, 4.69) is 39.0 Å². The maximum Gasteiger partial charge on any atom is 0.522 e. The lowest BCUT2D eigenvalue weighted by atomic mass is 9.85. The van der Waals surface area contributed by atoms with Gasteiger partial charge in [-0.2, -0.15) is 115 Å². The van der Waals surface area contributed by atoms with Gasteiger partial charge in [0, 0.05) is 31.4 Å². The van der Waals surface area contributed by atoms with Crippen molar-refractivity contribution in [2.24, 2.45) is 0 Å². The van der Waals surface area contributed by atoms with E-state index in [1.165, 1.54) is 12.1 Å². The fraction of sp³-hybridized carbons (Fsp3) is 0.0889. The van der Waals surface area contributed by atoms with E-state index in [4.69, 9.17) is 39.4 Å². The number of fused-ring (bicyclic) bond motifs is 6. The van der Waals surface area contributed by atoms with Crippen LogP contribution in [0, 0.1) is 248 Å². The molecule has 0 atom stereocenters. The molecule has 0 amide bonds. The van der Waals surface area contributed by atoms with Crippen LogP contribution in [0.4, 0.5) is 132 Å². The van der Waals surface area contributed by atoms with Crippen LogP contribution in [0.15, 0.2) is 79.8 Å². The van der Waals surface area contributed by atoms with E-state index in [-0.39, 0.29) is 67.1 Å². The second-order valence-electron chi connectivity index (χ2n) is 28.2. The summed E-state index contributed by atoms with van der Waals surface area (Å²) in [6.45, 7) is 43.6. The predicted molar refractivity (Wildman–Crippen MR) is 399 cm³/mol. The monoisotopic (exact) mass is 1870 g/mol. The Hall–Kier alpha value is -17.7.